The van der Waals surface area contributed by atoms with E-state index in [1.54, 1.807) is 32.2 Å². The number of anilines is 1. The van der Waals surface area contributed by atoms with E-state index in [0.29, 0.717) is 27.6 Å². The number of carbonyl (C=O) groups excluding carboxylic acids is 1. The van der Waals surface area contributed by atoms with E-state index in [4.69, 9.17) is 20.9 Å². The molecule has 4 aromatic rings. The quantitative estimate of drug-likeness (QED) is 0.406. The number of rotatable bonds is 7. The minimum Gasteiger partial charge on any atom is -0.497 e. The second kappa shape index (κ2) is 9.23. The second-order valence-corrected chi connectivity index (χ2v) is 7.89. The number of halogens is 1. The molecule has 0 aliphatic carbocycles. The second-order valence-electron chi connectivity index (χ2n) is 6.51. The van der Waals surface area contributed by atoms with Gasteiger partial charge in [-0.3, -0.25) is 9.36 Å². The van der Waals surface area contributed by atoms with E-state index in [1.165, 1.54) is 11.8 Å². The monoisotopic (exact) mass is 455 g/mol. The minimum atomic E-state index is -0.226. The maximum atomic E-state index is 12.3. The molecule has 0 atom stereocenters. The van der Waals surface area contributed by atoms with Gasteiger partial charge in [0, 0.05) is 22.3 Å². The summed E-state index contributed by atoms with van der Waals surface area (Å²) in [6, 6.07) is 16.5. The molecule has 2 aromatic carbocycles. The predicted molar refractivity (Wildman–Crippen MR) is 119 cm³/mol. The van der Waals surface area contributed by atoms with E-state index in [2.05, 4.69) is 20.7 Å². The first kappa shape index (κ1) is 21.0. The fourth-order valence-electron chi connectivity index (χ4n) is 2.85. The molecule has 0 radical (unpaired) electrons. The number of benzene rings is 2. The van der Waals surface area contributed by atoms with Crippen LogP contribution in [0.5, 0.6) is 5.75 Å². The van der Waals surface area contributed by atoms with Crippen molar-refractivity contribution >= 4 is 35.1 Å². The highest BCUT2D eigenvalue weighted by molar-refractivity contribution is 7.99. The lowest BCUT2D eigenvalue weighted by molar-refractivity contribution is -0.113. The van der Waals surface area contributed by atoms with Crippen LogP contribution >= 0.6 is 23.4 Å². The highest BCUT2D eigenvalue weighted by Gasteiger charge is 2.18. The Labute approximate surface area is 187 Å². The van der Waals surface area contributed by atoms with Crippen molar-refractivity contribution in [1.29, 1.82) is 0 Å². The van der Waals surface area contributed by atoms with E-state index in [1.807, 2.05) is 41.0 Å². The Morgan fingerprint density at radius 1 is 1.16 bits per heavy atom. The molecule has 0 saturated carbocycles. The number of ether oxygens (including phenoxy) is 1. The smallest absolute Gasteiger partial charge is 0.236 e. The largest absolute Gasteiger partial charge is 0.497 e. The van der Waals surface area contributed by atoms with Crippen molar-refractivity contribution in [3.8, 4) is 22.8 Å². The minimum absolute atomic E-state index is 0.126. The van der Waals surface area contributed by atoms with Crippen molar-refractivity contribution in [2.24, 2.45) is 0 Å². The molecule has 8 nitrogen and oxygen atoms in total. The van der Waals surface area contributed by atoms with Crippen LogP contribution in [0.25, 0.3) is 17.1 Å². The topological polar surface area (TPSA) is 95.1 Å². The fourth-order valence-corrected chi connectivity index (χ4v) is 3.73. The summed E-state index contributed by atoms with van der Waals surface area (Å²) in [5.74, 6) is 2.27. The van der Waals surface area contributed by atoms with Gasteiger partial charge in [0.1, 0.15) is 11.5 Å². The maximum absolute atomic E-state index is 12.3. The Morgan fingerprint density at radius 3 is 2.55 bits per heavy atom. The van der Waals surface area contributed by atoms with Crippen LogP contribution in [0.2, 0.25) is 5.02 Å². The first-order chi connectivity index (χ1) is 15.0. The van der Waals surface area contributed by atoms with Gasteiger partial charge in [-0.05, 0) is 55.5 Å². The van der Waals surface area contributed by atoms with Crippen LogP contribution in [0.15, 0.2) is 64.3 Å². The Balaban J connectivity index is 1.61. The highest BCUT2D eigenvalue weighted by atomic mass is 35.5. The van der Waals surface area contributed by atoms with Gasteiger partial charge in [-0.25, -0.2) is 0 Å². The van der Waals surface area contributed by atoms with Crippen molar-refractivity contribution in [3.05, 3.63) is 65.4 Å². The average Bonchev–Trinajstić information content (AvgIpc) is 3.39. The SMILES string of the molecule is COc1ccc(-n2c(SCC(=O)Nc3cc(C)on3)nnc2-c2ccc(Cl)cc2)cc1. The zero-order chi connectivity index (χ0) is 21.8. The number of thioether (sulfide) groups is 1. The molecule has 0 unspecified atom stereocenters. The van der Waals surface area contributed by atoms with Crippen LogP contribution in [-0.2, 0) is 4.79 Å². The van der Waals surface area contributed by atoms with E-state index < -0.39 is 0 Å². The number of nitrogens with zero attached hydrogens (tertiary/aromatic N) is 4. The third-order valence-corrected chi connectivity index (χ3v) is 5.48. The number of nitrogens with one attached hydrogen (secondary N) is 1. The molecule has 158 valence electrons. The zero-order valence-corrected chi connectivity index (χ0v) is 18.3. The van der Waals surface area contributed by atoms with Gasteiger partial charge >= 0.3 is 0 Å². The number of carbonyl (C=O) groups is 1. The number of amides is 1. The molecule has 0 saturated heterocycles. The normalized spacial score (nSPS) is 10.8. The molecule has 1 N–H and O–H groups in total. The van der Waals surface area contributed by atoms with E-state index in [-0.39, 0.29) is 11.7 Å². The van der Waals surface area contributed by atoms with Crippen molar-refractivity contribution in [2.75, 3.05) is 18.2 Å². The van der Waals surface area contributed by atoms with Gasteiger partial charge in [-0.1, -0.05) is 28.5 Å². The van der Waals surface area contributed by atoms with Crippen molar-refractivity contribution < 1.29 is 14.1 Å². The number of methoxy groups -OCH3 is 1. The number of hydrogen-bond donors (Lipinski definition) is 1. The number of hydrogen-bond acceptors (Lipinski definition) is 7. The third kappa shape index (κ3) is 4.89. The van der Waals surface area contributed by atoms with Crippen LogP contribution < -0.4 is 10.1 Å². The first-order valence-corrected chi connectivity index (χ1v) is 10.6. The lowest BCUT2D eigenvalue weighted by atomic mass is 10.2. The van der Waals surface area contributed by atoms with Gasteiger partial charge in [0.05, 0.1) is 12.9 Å². The zero-order valence-electron chi connectivity index (χ0n) is 16.7. The molecule has 2 aromatic heterocycles. The lowest BCUT2D eigenvalue weighted by Crippen LogP contribution is -2.14. The molecular weight excluding hydrogens is 438 g/mol. The summed E-state index contributed by atoms with van der Waals surface area (Å²) in [6.45, 7) is 1.76. The molecule has 31 heavy (non-hydrogen) atoms. The predicted octanol–water partition coefficient (Wildman–Crippen LogP) is 4.62. The Bertz CT molecular complexity index is 1190. The van der Waals surface area contributed by atoms with E-state index in [0.717, 1.165) is 17.0 Å². The van der Waals surface area contributed by atoms with Gasteiger partial charge in [-0.15, -0.1) is 10.2 Å². The molecular formula is C21H18ClN5O3S. The summed E-state index contributed by atoms with van der Waals surface area (Å²) in [5, 5.41) is 16.3. The summed E-state index contributed by atoms with van der Waals surface area (Å²) in [4.78, 5) is 12.3. The van der Waals surface area contributed by atoms with Gasteiger partial charge in [0.15, 0.2) is 16.8 Å². The average molecular weight is 456 g/mol. The molecule has 2 heterocycles. The van der Waals surface area contributed by atoms with Crippen LogP contribution in [-0.4, -0.2) is 38.7 Å². The Morgan fingerprint density at radius 2 is 1.90 bits per heavy atom. The lowest BCUT2D eigenvalue weighted by Gasteiger charge is -2.11. The molecule has 0 aliphatic rings. The molecule has 0 bridgehead atoms. The van der Waals surface area contributed by atoms with Crippen molar-refractivity contribution in [1.82, 2.24) is 19.9 Å². The van der Waals surface area contributed by atoms with Crippen molar-refractivity contribution in [3.63, 3.8) is 0 Å². The molecule has 4 rings (SSSR count). The van der Waals surface area contributed by atoms with Crippen molar-refractivity contribution in [2.45, 2.75) is 12.1 Å². The van der Waals surface area contributed by atoms with E-state index >= 15 is 0 Å². The molecule has 10 heteroatoms. The maximum Gasteiger partial charge on any atom is 0.236 e. The fraction of sp³-hybridized carbons (Fsp3) is 0.143. The van der Waals surface area contributed by atoms with Crippen LogP contribution in [0.3, 0.4) is 0 Å². The molecule has 0 fully saturated rings. The summed E-state index contributed by atoms with van der Waals surface area (Å²) >= 11 is 7.30. The number of aryl methyl sites for hydroxylation is 1. The summed E-state index contributed by atoms with van der Waals surface area (Å²) < 4.78 is 12.1. The van der Waals surface area contributed by atoms with Crippen LogP contribution in [0.1, 0.15) is 5.76 Å². The molecule has 0 aliphatic heterocycles. The molecule has 1 amide bonds. The Hall–Kier alpha value is -3.30. The summed E-state index contributed by atoms with van der Waals surface area (Å²) in [7, 11) is 1.61. The van der Waals surface area contributed by atoms with Crippen LogP contribution in [0, 0.1) is 6.92 Å². The van der Waals surface area contributed by atoms with Gasteiger partial charge in [0.25, 0.3) is 0 Å². The Kier molecular flexibility index (Phi) is 6.24. The van der Waals surface area contributed by atoms with Gasteiger partial charge in [0.2, 0.25) is 5.91 Å². The first-order valence-electron chi connectivity index (χ1n) is 9.25. The molecule has 0 spiro atoms. The summed E-state index contributed by atoms with van der Waals surface area (Å²) in [6.07, 6.45) is 0. The van der Waals surface area contributed by atoms with Gasteiger partial charge < -0.3 is 14.6 Å². The summed E-state index contributed by atoms with van der Waals surface area (Å²) in [5.41, 5.74) is 1.69. The highest BCUT2D eigenvalue weighted by Crippen LogP contribution is 2.29. The van der Waals surface area contributed by atoms with Gasteiger partial charge in [-0.2, -0.15) is 0 Å². The standard InChI is InChI=1S/C21H18ClN5O3S/c1-13-11-18(26-30-13)23-19(28)12-31-21-25-24-20(14-3-5-15(22)6-4-14)27(21)16-7-9-17(29-2)10-8-16/h3-11H,12H2,1-2H3,(H,23,26,28). The number of aromatic nitrogens is 4. The third-order valence-electron chi connectivity index (χ3n) is 4.29. The van der Waals surface area contributed by atoms with Crippen LogP contribution in [0.4, 0.5) is 5.82 Å². The van der Waals surface area contributed by atoms with E-state index in [9.17, 15) is 4.79 Å².